The Morgan fingerprint density at radius 3 is 2.60 bits per heavy atom. The SMILES string of the molecule is CC(C)(NC(O)c1ccc(OC2CCN(c3nc4c(c(NC5CCOCC5)n3)S(=O)CC4)CC2)cc1)C1C=CNCC1. The van der Waals surface area contributed by atoms with Crippen molar-refractivity contribution in [2.75, 3.05) is 48.8 Å². The maximum absolute atomic E-state index is 12.7. The van der Waals surface area contributed by atoms with Gasteiger partial charge < -0.3 is 30.1 Å². The molecule has 1 aromatic carbocycles. The third kappa shape index (κ3) is 6.74. The summed E-state index contributed by atoms with van der Waals surface area (Å²) in [5, 5.41) is 21.1. The summed E-state index contributed by atoms with van der Waals surface area (Å²) in [5.41, 5.74) is 1.50. The van der Waals surface area contributed by atoms with Crippen molar-refractivity contribution >= 4 is 22.6 Å². The lowest BCUT2D eigenvalue weighted by atomic mass is 9.83. The number of fused-ring (bicyclic) bond motifs is 1. The van der Waals surface area contributed by atoms with Crippen LogP contribution in [0.5, 0.6) is 5.75 Å². The zero-order chi connectivity index (χ0) is 29.1. The van der Waals surface area contributed by atoms with Gasteiger partial charge in [-0.1, -0.05) is 18.2 Å². The Balaban J connectivity index is 1.04. The van der Waals surface area contributed by atoms with Crippen LogP contribution >= 0.6 is 0 Å². The standard InChI is InChI=1S/C31H44N6O4S/c1-31(2,22-7-14-32-15-8-22)36-29(38)21-3-5-24(6-4-21)41-25-9-16-37(17-10-25)30-34-26-13-20-42(39)27(26)28(35-30)33-23-11-18-40-19-12-23/h3-7,14,22-23,25,29,32,36,38H,8-13,15-20H2,1-2H3,(H,33,34,35). The minimum Gasteiger partial charge on any atom is -0.490 e. The molecule has 4 aliphatic rings. The fourth-order valence-electron chi connectivity index (χ4n) is 6.30. The molecule has 11 heteroatoms. The van der Waals surface area contributed by atoms with Crippen LogP contribution in [0.1, 0.15) is 63.4 Å². The second-order valence-electron chi connectivity index (χ2n) is 12.3. The van der Waals surface area contributed by atoms with Crippen molar-refractivity contribution < 1.29 is 18.8 Å². The summed E-state index contributed by atoms with van der Waals surface area (Å²) in [6.07, 6.45) is 8.85. The molecule has 0 amide bonds. The molecule has 0 radical (unpaired) electrons. The number of nitrogens with one attached hydrogen (secondary N) is 3. The second-order valence-corrected chi connectivity index (χ2v) is 13.8. The van der Waals surface area contributed by atoms with Crippen LogP contribution in [0.15, 0.2) is 41.4 Å². The molecular weight excluding hydrogens is 552 g/mol. The molecule has 2 fully saturated rings. The first-order valence-corrected chi connectivity index (χ1v) is 16.7. The van der Waals surface area contributed by atoms with Crippen molar-refractivity contribution in [3.8, 4) is 5.75 Å². The van der Waals surface area contributed by atoms with Gasteiger partial charge in [0.25, 0.3) is 0 Å². The lowest BCUT2D eigenvalue weighted by Crippen LogP contribution is -2.48. The fraction of sp³-hybridized carbons (Fsp3) is 0.613. The number of ether oxygens (including phenoxy) is 2. The van der Waals surface area contributed by atoms with Gasteiger partial charge in [-0.15, -0.1) is 0 Å². The molecule has 0 aliphatic carbocycles. The number of aromatic nitrogens is 2. The smallest absolute Gasteiger partial charge is 0.227 e. The van der Waals surface area contributed by atoms with Gasteiger partial charge in [-0.3, -0.25) is 9.53 Å². The van der Waals surface area contributed by atoms with E-state index in [1.807, 2.05) is 30.5 Å². The highest BCUT2D eigenvalue weighted by molar-refractivity contribution is 7.85. The van der Waals surface area contributed by atoms with E-state index in [-0.39, 0.29) is 17.7 Å². The number of aryl methyl sites for hydroxylation is 1. The average molecular weight is 597 g/mol. The summed E-state index contributed by atoms with van der Waals surface area (Å²) < 4.78 is 24.6. The van der Waals surface area contributed by atoms with Gasteiger partial charge in [-0.25, -0.2) is 4.98 Å². The highest BCUT2D eigenvalue weighted by Crippen LogP contribution is 2.32. The molecule has 42 heavy (non-hydrogen) atoms. The Hall–Kier alpha value is -2.73. The van der Waals surface area contributed by atoms with Crippen LogP contribution in [0.25, 0.3) is 0 Å². The van der Waals surface area contributed by atoms with Gasteiger partial charge in [0.2, 0.25) is 5.95 Å². The second kappa shape index (κ2) is 12.9. The van der Waals surface area contributed by atoms with E-state index in [1.165, 1.54) is 0 Å². The summed E-state index contributed by atoms with van der Waals surface area (Å²) >= 11 is 0. The van der Waals surface area contributed by atoms with Crippen molar-refractivity contribution in [1.29, 1.82) is 0 Å². The monoisotopic (exact) mass is 596 g/mol. The maximum Gasteiger partial charge on any atom is 0.227 e. The third-order valence-corrected chi connectivity index (χ3v) is 10.4. The Bertz CT molecular complexity index is 1270. The molecule has 0 spiro atoms. The minimum absolute atomic E-state index is 0.0996. The summed E-state index contributed by atoms with van der Waals surface area (Å²) in [6.45, 7) is 8.29. The van der Waals surface area contributed by atoms with Crippen molar-refractivity contribution in [3.05, 3.63) is 47.8 Å². The topological polar surface area (TPSA) is 121 Å². The first kappa shape index (κ1) is 29.3. The Morgan fingerprint density at radius 2 is 1.88 bits per heavy atom. The summed E-state index contributed by atoms with van der Waals surface area (Å²) in [7, 11) is -1.05. The van der Waals surface area contributed by atoms with E-state index >= 15 is 0 Å². The van der Waals surface area contributed by atoms with E-state index in [2.05, 4.69) is 40.8 Å². The third-order valence-electron chi connectivity index (χ3n) is 8.94. The zero-order valence-corrected chi connectivity index (χ0v) is 25.5. The normalized spacial score (nSPS) is 24.2. The maximum atomic E-state index is 12.7. The van der Waals surface area contributed by atoms with Gasteiger partial charge in [0, 0.05) is 69.4 Å². The van der Waals surface area contributed by atoms with Gasteiger partial charge >= 0.3 is 0 Å². The number of rotatable bonds is 9. The van der Waals surface area contributed by atoms with Gasteiger partial charge in [0.1, 0.15) is 28.8 Å². The van der Waals surface area contributed by atoms with E-state index in [9.17, 15) is 9.32 Å². The van der Waals surface area contributed by atoms with Crippen molar-refractivity contribution in [2.45, 2.75) is 81.2 Å². The zero-order valence-electron chi connectivity index (χ0n) is 24.7. The molecule has 3 unspecified atom stereocenters. The number of benzene rings is 1. The molecule has 0 saturated carbocycles. The number of aliphatic hydroxyl groups excluding tert-OH is 1. The Kier molecular flexibility index (Phi) is 8.99. The number of nitrogens with zero attached hydrogens (tertiary/aromatic N) is 3. The molecule has 228 valence electrons. The summed E-state index contributed by atoms with van der Waals surface area (Å²) in [6, 6.07) is 8.05. The van der Waals surface area contributed by atoms with E-state index in [0.717, 1.165) is 105 Å². The number of hydrogen-bond acceptors (Lipinski definition) is 10. The van der Waals surface area contributed by atoms with Crippen molar-refractivity contribution in [3.63, 3.8) is 0 Å². The van der Waals surface area contributed by atoms with Crippen molar-refractivity contribution in [1.82, 2.24) is 20.6 Å². The largest absolute Gasteiger partial charge is 0.490 e. The predicted octanol–water partition coefficient (Wildman–Crippen LogP) is 3.26. The van der Waals surface area contributed by atoms with Crippen LogP contribution in [0.3, 0.4) is 0 Å². The molecule has 2 aromatic rings. The lowest BCUT2D eigenvalue weighted by Gasteiger charge is -2.37. The highest BCUT2D eigenvalue weighted by atomic mass is 32.2. The van der Waals surface area contributed by atoms with Crippen LogP contribution in [-0.2, 0) is 22.0 Å². The number of anilines is 2. The quantitative estimate of drug-likeness (QED) is 0.321. The van der Waals surface area contributed by atoms with Gasteiger partial charge in [0.05, 0.1) is 16.5 Å². The van der Waals surface area contributed by atoms with Crippen LogP contribution in [0.2, 0.25) is 0 Å². The molecule has 6 rings (SSSR count). The van der Waals surface area contributed by atoms with Crippen molar-refractivity contribution in [2.24, 2.45) is 5.92 Å². The summed E-state index contributed by atoms with van der Waals surface area (Å²) in [4.78, 5) is 12.8. The van der Waals surface area contributed by atoms with Crippen LogP contribution in [0.4, 0.5) is 11.8 Å². The van der Waals surface area contributed by atoms with E-state index in [4.69, 9.17) is 19.4 Å². The number of aliphatic hydroxyl groups is 1. The van der Waals surface area contributed by atoms with Crippen LogP contribution in [0, 0.1) is 5.92 Å². The molecule has 2 saturated heterocycles. The summed E-state index contributed by atoms with van der Waals surface area (Å²) in [5.74, 6) is 3.23. The average Bonchev–Trinajstić information content (AvgIpc) is 3.39. The van der Waals surface area contributed by atoms with E-state index in [1.54, 1.807) is 0 Å². The molecule has 10 nitrogen and oxygen atoms in total. The van der Waals surface area contributed by atoms with Crippen LogP contribution in [-0.4, -0.2) is 75.6 Å². The predicted molar refractivity (Wildman–Crippen MR) is 164 cm³/mol. The van der Waals surface area contributed by atoms with E-state index in [0.29, 0.717) is 11.7 Å². The first-order valence-electron chi connectivity index (χ1n) is 15.4. The van der Waals surface area contributed by atoms with E-state index < -0.39 is 17.0 Å². The molecule has 5 heterocycles. The molecule has 0 bridgehead atoms. The Labute approximate surface area is 251 Å². The fourth-order valence-corrected chi connectivity index (χ4v) is 7.61. The number of hydrogen-bond donors (Lipinski definition) is 4. The molecule has 4 N–H and O–H groups in total. The minimum atomic E-state index is -1.05. The van der Waals surface area contributed by atoms with Gasteiger partial charge in [-0.05, 0) is 62.9 Å². The molecule has 3 atom stereocenters. The highest BCUT2D eigenvalue weighted by Gasteiger charge is 2.32. The number of piperidine rings is 1. The molecular formula is C31H44N6O4S. The first-order chi connectivity index (χ1) is 20.4. The molecule has 1 aromatic heterocycles. The lowest BCUT2D eigenvalue weighted by molar-refractivity contribution is 0.0841. The van der Waals surface area contributed by atoms with Gasteiger partial charge in [0.15, 0.2) is 0 Å². The molecule has 4 aliphatic heterocycles. The van der Waals surface area contributed by atoms with Crippen LogP contribution < -0.4 is 25.6 Å². The van der Waals surface area contributed by atoms with Gasteiger partial charge in [-0.2, -0.15) is 4.98 Å². The Morgan fingerprint density at radius 1 is 1.12 bits per heavy atom.